The zero-order valence-corrected chi connectivity index (χ0v) is 19.7. The Hall–Kier alpha value is -2.91. The average molecular weight is 474 g/mol. The van der Waals surface area contributed by atoms with Crippen molar-refractivity contribution >= 4 is 33.0 Å². The fourth-order valence-electron chi connectivity index (χ4n) is 3.59. The molecule has 0 aromatic heterocycles. The number of sulfone groups is 1. The molecule has 8 nitrogen and oxygen atoms in total. The van der Waals surface area contributed by atoms with Crippen molar-refractivity contribution in [2.24, 2.45) is 0 Å². The molecule has 2 aromatic rings. The van der Waals surface area contributed by atoms with Gasteiger partial charge in [-0.25, -0.2) is 8.42 Å². The number of aryl methyl sites for hydroxylation is 1. The van der Waals surface area contributed by atoms with Crippen LogP contribution in [0.3, 0.4) is 0 Å². The maximum absolute atomic E-state index is 12.4. The molecule has 1 fully saturated rings. The van der Waals surface area contributed by atoms with Crippen molar-refractivity contribution in [2.45, 2.75) is 12.8 Å². The van der Waals surface area contributed by atoms with Crippen molar-refractivity contribution in [3.05, 3.63) is 60.2 Å². The fraction of sp³-hybridized carbons (Fsp3) is 0.417. The van der Waals surface area contributed by atoms with E-state index in [4.69, 9.17) is 4.74 Å². The van der Waals surface area contributed by atoms with E-state index in [9.17, 15) is 18.0 Å². The van der Waals surface area contributed by atoms with Crippen LogP contribution in [0.5, 0.6) is 0 Å². The molecule has 1 heterocycles. The predicted molar refractivity (Wildman–Crippen MR) is 129 cm³/mol. The zero-order chi connectivity index (χ0) is 23.7. The number of hydrogen-bond donors (Lipinski definition) is 1. The second kappa shape index (κ2) is 11.8. The van der Waals surface area contributed by atoms with Gasteiger partial charge in [-0.15, -0.1) is 0 Å². The van der Waals surface area contributed by atoms with Gasteiger partial charge in [0.25, 0.3) is 0 Å². The smallest absolute Gasteiger partial charge is 0.243 e. The van der Waals surface area contributed by atoms with Gasteiger partial charge in [-0.2, -0.15) is 0 Å². The van der Waals surface area contributed by atoms with Gasteiger partial charge in [0.2, 0.25) is 11.8 Å². The molecule has 1 aliphatic rings. The van der Waals surface area contributed by atoms with Crippen molar-refractivity contribution in [1.82, 2.24) is 4.90 Å². The van der Waals surface area contributed by atoms with E-state index >= 15 is 0 Å². The molecule has 9 heteroatoms. The number of hydrogen-bond acceptors (Lipinski definition) is 6. The van der Waals surface area contributed by atoms with Crippen LogP contribution in [0.4, 0.5) is 11.4 Å². The number of anilines is 2. The number of carbonyl (C=O) groups excluding carboxylic acids is 2. The van der Waals surface area contributed by atoms with Crippen molar-refractivity contribution < 1.29 is 22.7 Å². The lowest BCUT2D eigenvalue weighted by Gasteiger charge is -2.28. The molecule has 2 amide bonds. The molecule has 3 rings (SSSR count). The Labute approximate surface area is 195 Å². The largest absolute Gasteiger partial charge is 0.378 e. The van der Waals surface area contributed by atoms with Crippen LogP contribution in [-0.2, 0) is 30.6 Å². The molecule has 0 atom stereocenters. The number of ether oxygens (including phenoxy) is 1. The molecule has 0 saturated carbocycles. The molecule has 0 bridgehead atoms. The van der Waals surface area contributed by atoms with Gasteiger partial charge in [0.05, 0.1) is 25.5 Å². The Bertz CT molecular complexity index is 1020. The number of rotatable bonds is 10. The molecule has 1 saturated heterocycles. The third kappa shape index (κ3) is 8.18. The first-order valence-electron chi connectivity index (χ1n) is 11.0. The highest BCUT2D eigenvalue weighted by atomic mass is 32.2. The molecule has 0 spiro atoms. The van der Waals surface area contributed by atoms with E-state index in [0.29, 0.717) is 31.7 Å². The van der Waals surface area contributed by atoms with Gasteiger partial charge in [0.1, 0.15) is 5.75 Å². The van der Waals surface area contributed by atoms with Gasteiger partial charge in [-0.05, 0) is 42.7 Å². The molecule has 0 aliphatic carbocycles. The van der Waals surface area contributed by atoms with E-state index in [1.54, 1.807) is 0 Å². The highest BCUT2D eigenvalue weighted by molar-refractivity contribution is 7.92. The maximum atomic E-state index is 12.4. The van der Waals surface area contributed by atoms with E-state index in [-0.39, 0.29) is 18.2 Å². The third-order valence-electron chi connectivity index (χ3n) is 5.44. The summed E-state index contributed by atoms with van der Waals surface area (Å²) in [7, 11) is -2.11. The van der Waals surface area contributed by atoms with Crippen LogP contribution in [0.2, 0.25) is 0 Å². The standard InChI is InChI=1S/C24H31N3O5S/c1-26(24(29)19-33(30,31)17-5-8-20-6-3-2-4-7-20)18-23(28)25-21-9-11-22(12-10-21)27-13-15-32-16-14-27/h2-4,6-7,9-12H,5,8,13-19H2,1H3,(H,25,28). The predicted octanol–water partition coefficient (Wildman–Crippen LogP) is 1.97. The normalized spacial score (nSPS) is 14.0. The van der Waals surface area contributed by atoms with E-state index in [0.717, 1.165) is 29.2 Å². The van der Waals surface area contributed by atoms with Gasteiger partial charge in [-0.1, -0.05) is 30.3 Å². The second-order valence-electron chi connectivity index (χ2n) is 8.13. The van der Waals surface area contributed by atoms with Crippen molar-refractivity contribution in [3.8, 4) is 0 Å². The van der Waals surface area contributed by atoms with Gasteiger partial charge < -0.3 is 19.9 Å². The molecule has 33 heavy (non-hydrogen) atoms. The van der Waals surface area contributed by atoms with Crippen molar-refractivity contribution in [3.63, 3.8) is 0 Å². The Kier molecular flexibility index (Phi) is 8.85. The Morgan fingerprint density at radius 3 is 2.36 bits per heavy atom. The summed E-state index contributed by atoms with van der Waals surface area (Å²) in [5.74, 6) is -1.64. The fourth-order valence-corrected chi connectivity index (χ4v) is 4.92. The number of likely N-dealkylation sites (N-methyl/N-ethyl adjacent to an activating group) is 1. The van der Waals surface area contributed by atoms with E-state index in [1.165, 1.54) is 7.05 Å². The Balaban J connectivity index is 1.42. The van der Waals surface area contributed by atoms with Gasteiger partial charge in [-0.3, -0.25) is 9.59 Å². The molecule has 1 N–H and O–H groups in total. The van der Waals surface area contributed by atoms with Crippen LogP contribution >= 0.6 is 0 Å². The molecular weight excluding hydrogens is 442 g/mol. The molecule has 0 radical (unpaired) electrons. The number of morpholine rings is 1. The van der Waals surface area contributed by atoms with Crippen LogP contribution < -0.4 is 10.2 Å². The average Bonchev–Trinajstić information content (AvgIpc) is 2.80. The highest BCUT2D eigenvalue weighted by Gasteiger charge is 2.21. The summed E-state index contributed by atoms with van der Waals surface area (Å²) in [6.45, 7) is 2.83. The minimum atomic E-state index is -3.54. The number of benzene rings is 2. The summed E-state index contributed by atoms with van der Waals surface area (Å²) in [5.41, 5.74) is 2.73. The number of amides is 2. The third-order valence-corrected chi connectivity index (χ3v) is 7.04. The van der Waals surface area contributed by atoms with Gasteiger partial charge >= 0.3 is 0 Å². The zero-order valence-electron chi connectivity index (χ0n) is 18.9. The summed E-state index contributed by atoms with van der Waals surface area (Å²) in [5, 5.41) is 2.75. The van der Waals surface area contributed by atoms with Crippen LogP contribution in [0.25, 0.3) is 0 Å². The minimum absolute atomic E-state index is 0.0663. The van der Waals surface area contributed by atoms with E-state index < -0.39 is 21.5 Å². The number of nitrogens with one attached hydrogen (secondary N) is 1. The number of carbonyl (C=O) groups is 2. The highest BCUT2D eigenvalue weighted by Crippen LogP contribution is 2.19. The van der Waals surface area contributed by atoms with Gasteiger partial charge in [0, 0.05) is 31.5 Å². The summed E-state index contributed by atoms with van der Waals surface area (Å²) >= 11 is 0. The lowest BCUT2D eigenvalue weighted by atomic mass is 10.1. The molecule has 2 aromatic carbocycles. The van der Waals surface area contributed by atoms with Crippen LogP contribution in [0.15, 0.2) is 54.6 Å². The SMILES string of the molecule is CN(CC(=O)Nc1ccc(N2CCOCC2)cc1)C(=O)CS(=O)(=O)CCCc1ccccc1. The van der Waals surface area contributed by atoms with E-state index in [1.807, 2.05) is 54.6 Å². The minimum Gasteiger partial charge on any atom is -0.378 e. The topological polar surface area (TPSA) is 96.0 Å². The van der Waals surface area contributed by atoms with Crippen molar-refractivity contribution in [2.75, 3.05) is 61.6 Å². The first-order chi connectivity index (χ1) is 15.8. The molecule has 178 valence electrons. The van der Waals surface area contributed by atoms with Crippen LogP contribution in [-0.4, -0.2) is 76.5 Å². The summed E-state index contributed by atoms with van der Waals surface area (Å²) in [6.07, 6.45) is 1.08. The van der Waals surface area contributed by atoms with Crippen LogP contribution in [0, 0.1) is 0 Å². The summed E-state index contributed by atoms with van der Waals surface area (Å²) in [4.78, 5) is 28.0. The maximum Gasteiger partial charge on any atom is 0.243 e. The van der Waals surface area contributed by atoms with E-state index in [2.05, 4.69) is 10.2 Å². The molecular formula is C24H31N3O5S. The summed E-state index contributed by atoms with van der Waals surface area (Å²) in [6, 6.07) is 17.1. The van der Waals surface area contributed by atoms with Crippen LogP contribution in [0.1, 0.15) is 12.0 Å². The first kappa shape index (κ1) is 24.7. The summed E-state index contributed by atoms with van der Waals surface area (Å²) < 4.78 is 30.0. The lowest BCUT2D eigenvalue weighted by molar-refractivity contribution is -0.131. The number of nitrogens with zero attached hydrogens (tertiary/aromatic N) is 2. The quantitative estimate of drug-likeness (QED) is 0.567. The first-order valence-corrected chi connectivity index (χ1v) is 12.9. The lowest BCUT2D eigenvalue weighted by Crippen LogP contribution is -2.38. The Morgan fingerprint density at radius 1 is 1.03 bits per heavy atom. The monoisotopic (exact) mass is 473 g/mol. The second-order valence-corrected chi connectivity index (χ2v) is 10.3. The van der Waals surface area contributed by atoms with Crippen molar-refractivity contribution in [1.29, 1.82) is 0 Å². The molecule has 1 aliphatic heterocycles. The van der Waals surface area contributed by atoms with Gasteiger partial charge in [0.15, 0.2) is 9.84 Å². The Morgan fingerprint density at radius 2 is 1.70 bits per heavy atom. The molecule has 0 unspecified atom stereocenters.